The molecule has 2 aromatic rings. The van der Waals surface area contributed by atoms with Crippen LogP contribution in [0.1, 0.15) is 59.8 Å². The van der Waals surface area contributed by atoms with E-state index in [0.717, 1.165) is 11.1 Å². The molecule has 0 spiro atoms. The number of allylic oxidation sites excluding steroid dienone is 2. The fourth-order valence-corrected chi connectivity index (χ4v) is 11.1. The molecule has 1 aliphatic heterocycles. The minimum Gasteiger partial charge on any atom is -0.0764 e. The van der Waals surface area contributed by atoms with Gasteiger partial charge in [0.15, 0.2) is 0 Å². The third-order valence-corrected chi connectivity index (χ3v) is 12.2. The van der Waals surface area contributed by atoms with Crippen molar-refractivity contribution >= 4 is 20.2 Å². The molecular weight excluding hydrogens is 340 g/mol. The number of hydrogen-bond acceptors (Lipinski definition) is 0. The molecule has 1 saturated heterocycles. The van der Waals surface area contributed by atoms with Crippen LogP contribution in [-0.4, -0.2) is 8.07 Å². The zero-order valence-electron chi connectivity index (χ0n) is 16.6. The van der Waals surface area contributed by atoms with E-state index in [1.54, 1.807) is 11.1 Å². The molecule has 0 nitrogen and oxygen atoms in total. The van der Waals surface area contributed by atoms with E-state index in [-0.39, 0.29) is 0 Å². The fraction of sp³-hybridized carbons (Fsp3) is 0.385. The van der Waals surface area contributed by atoms with Crippen LogP contribution in [0.3, 0.4) is 0 Å². The molecule has 4 unspecified atom stereocenters. The van der Waals surface area contributed by atoms with Crippen LogP contribution in [0.5, 0.6) is 0 Å². The van der Waals surface area contributed by atoms with E-state index in [4.69, 9.17) is 0 Å². The summed E-state index contributed by atoms with van der Waals surface area (Å²) in [6.45, 7) is 5.26. The Balaban J connectivity index is 1.16. The first kappa shape index (κ1) is 17.2. The molecule has 5 rings (SSSR count). The largest absolute Gasteiger partial charge is 0.0764 e. The highest BCUT2D eigenvalue weighted by atomic mass is 28.3. The van der Waals surface area contributed by atoms with Crippen LogP contribution in [0.2, 0.25) is 24.2 Å². The predicted octanol–water partition coefficient (Wildman–Crippen LogP) is 7.63. The Bertz CT molecular complexity index is 904. The van der Waals surface area contributed by atoms with Gasteiger partial charge in [0.2, 0.25) is 0 Å². The first-order valence-electron chi connectivity index (χ1n) is 10.7. The van der Waals surface area contributed by atoms with Gasteiger partial charge in [-0.15, -0.1) is 0 Å². The van der Waals surface area contributed by atoms with Gasteiger partial charge in [0.1, 0.15) is 0 Å². The molecule has 0 amide bonds. The second-order valence-electron chi connectivity index (χ2n) is 9.35. The fourth-order valence-electron chi connectivity index (χ4n) is 5.95. The van der Waals surface area contributed by atoms with Gasteiger partial charge in [0.05, 0.1) is 8.07 Å². The second-order valence-corrected chi connectivity index (χ2v) is 14.4. The summed E-state index contributed by atoms with van der Waals surface area (Å²) in [6.07, 6.45) is 15.2. The summed E-state index contributed by atoms with van der Waals surface area (Å²) >= 11 is 0. The topological polar surface area (TPSA) is 0 Å². The first-order valence-corrected chi connectivity index (χ1v) is 13.9. The molecule has 1 heteroatoms. The number of fused-ring (bicyclic) bond motifs is 2. The van der Waals surface area contributed by atoms with Gasteiger partial charge >= 0.3 is 0 Å². The molecule has 27 heavy (non-hydrogen) atoms. The lowest BCUT2D eigenvalue weighted by atomic mass is 9.93. The van der Waals surface area contributed by atoms with Crippen molar-refractivity contribution < 1.29 is 0 Å². The Morgan fingerprint density at radius 3 is 2.19 bits per heavy atom. The van der Waals surface area contributed by atoms with E-state index in [1.165, 1.54) is 36.8 Å². The van der Waals surface area contributed by atoms with Crippen molar-refractivity contribution in [1.82, 2.24) is 0 Å². The molecule has 0 aromatic heterocycles. The molecular formula is C26H30Si. The van der Waals surface area contributed by atoms with Crippen molar-refractivity contribution in [3.05, 3.63) is 82.9 Å². The summed E-state index contributed by atoms with van der Waals surface area (Å²) in [4.78, 5) is 0. The summed E-state index contributed by atoms with van der Waals surface area (Å²) < 4.78 is 0. The van der Waals surface area contributed by atoms with E-state index in [0.29, 0.717) is 11.8 Å². The standard InChI is InChI=1S/C26H30Si/c1-27(2)25(26(27)24-18-17-21-11-4-7-13-23(21)24)14-8-5-10-20-16-15-19-9-3-6-12-22(19)20/h3-4,6-7,9,11-13,15-18,20,24-26H,5,8,10,14H2,1-2H3. The average molecular weight is 371 g/mol. The van der Waals surface area contributed by atoms with Crippen LogP contribution in [0, 0.1) is 0 Å². The summed E-state index contributed by atoms with van der Waals surface area (Å²) in [6, 6.07) is 18.0. The van der Waals surface area contributed by atoms with Gasteiger partial charge in [-0.3, -0.25) is 0 Å². The number of unbranched alkanes of at least 4 members (excludes halogenated alkanes) is 1. The van der Waals surface area contributed by atoms with Crippen molar-refractivity contribution in [3.8, 4) is 0 Å². The monoisotopic (exact) mass is 370 g/mol. The molecule has 3 aliphatic rings. The molecule has 138 valence electrons. The maximum atomic E-state index is 2.63. The Hall–Kier alpha value is -1.86. The third kappa shape index (κ3) is 2.97. The molecule has 0 N–H and O–H groups in total. The van der Waals surface area contributed by atoms with Crippen molar-refractivity contribution in [1.29, 1.82) is 0 Å². The maximum Gasteiger partial charge on any atom is 0.0545 e. The van der Waals surface area contributed by atoms with Gasteiger partial charge < -0.3 is 0 Å². The number of hydrogen-bond donors (Lipinski definition) is 0. The third-order valence-electron chi connectivity index (χ3n) is 7.55. The predicted molar refractivity (Wildman–Crippen MR) is 120 cm³/mol. The second kappa shape index (κ2) is 6.63. The zero-order chi connectivity index (χ0) is 18.4. The number of benzene rings is 2. The highest BCUT2D eigenvalue weighted by molar-refractivity contribution is 6.91. The Morgan fingerprint density at radius 2 is 1.37 bits per heavy atom. The summed E-state index contributed by atoms with van der Waals surface area (Å²) in [7, 11) is -1.06. The van der Waals surface area contributed by atoms with Crippen LogP contribution < -0.4 is 0 Å². The summed E-state index contributed by atoms with van der Waals surface area (Å²) in [5.74, 6) is 1.36. The van der Waals surface area contributed by atoms with Crippen LogP contribution in [0.15, 0.2) is 60.7 Å². The van der Waals surface area contributed by atoms with E-state index in [2.05, 4.69) is 85.9 Å². The Labute approximate surface area is 165 Å². The highest BCUT2D eigenvalue weighted by Crippen LogP contribution is 2.69. The maximum absolute atomic E-state index is 2.63. The zero-order valence-corrected chi connectivity index (χ0v) is 17.6. The van der Waals surface area contributed by atoms with Crippen molar-refractivity contribution in [2.24, 2.45) is 0 Å². The Morgan fingerprint density at radius 1 is 0.741 bits per heavy atom. The minimum absolute atomic E-state index is 0.658. The molecule has 1 heterocycles. The minimum atomic E-state index is -1.06. The molecule has 4 atom stereocenters. The van der Waals surface area contributed by atoms with E-state index < -0.39 is 8.07 Å². The van der Waals surface area contributed by atoms with Crippen LogP contribution in [0.4, 0.5) is 0 Å². The quantitative estimate of drug-likeness (QED) is 0.362. The Kier molecular flexibility index (Phi) is 4.24. The smallest absolute Gasteiger partial charge is 0.0545 e. The lowest BCUT2D eigenvalue weighted by molar-refractivity contribution is 0.600. The molecule has 0 saturated carbocycles. The lowest BCUT2D eigenvalue weighted by Crippen LogP contribution is -2.07. The van der Waals surface area contributed by atoms with E-state index >= 15 is 0 Å². The van der Waals surface area contributed by atoms with Gasteiger partial charge in [-0.2, -0.15) is 0 Å². The molecule has 0 bridgehead atoms. The van der Waals surface area contributed by atoms with Gasteiger partial charge in [-0.1, -0.05) is 105 Å². The molecule has 2 aromatic carbocycles. The highest BCUT2D eigenvalue weighted by Gasteiger charge is 2.61. The average Bonchev–Trinajstić information content (AvgIpc) is 3.03. The van der Waals surface area contributed by atoms with Crippen LogP contribution in [0.25, 0.3) is 12.2 Å². The van der Waals surface area contributed by atoms with Gasteiger partial charge in [0, 0.05) is 11.8 Å². The van der Waals surface area contributed by atoms with Crippen molar-refractivity contribution in [2.45, 2.75) is 61.7 Å². The SMILES string of the molecule is C[Si]1(C)C(CCCCC2C=Cc3ccccc32)C1C1C=Cc2ccccc21. The van der Waals surface area contributed by atoms with Gasteiger partial charge in [-0.25, -0.2) is 0 Å². The van der Waals surface area contributed by atoms with Gasteiger partial charge in [0.25, 0.3) is 0 Å². The van der Waals surface area contributed by atoms with Crippen molar-refractivity contribution in [3.63, 3.8) is 0 Å². The van der Waals surface area contributed by atoms with Crippen LogP contribution in [-0.2, 0) is 0 Å². The molecule has 2 aliphatic carbocycles. The summed E-state index contributed by atoms with van der Waals surface area (Å²) in [5.41, 5.74) is 8.02. The van der Waals surface area contributed by atoms with Gasteiger partial charge in [-0.05, 0) is 39.8 Å². The molecule has 1 fully saturated rings. The van der Waals surface area contributed by atoms with E-state index in [1.807, 2.05) is 0 Å². The van der Waals surface area contributed by atoms with E-state index in [9.17, 15) is 0 Å². The lowest BCUT2D eigenvalue weighted by Gasteiger charge is -2.12. The summed E-state index contributed by atoms with van der Waals surface area (Å²) in [5, 5.41) is 0. The first-order chi connectivity index (χ1) is 13.2. The normalized spacial score (nSPS) is 29.0. The number of rotatable bonds is 6. The molecule has 0 radical (unpaired) electrons. The van der Waals surface area contributed by atoms with Crippen molar-refractivity contribution in [2.75, 3.05) is 0 Å². The van der Waals surface area contributed by atoms with Crippen LogP contribution >= 0.6 is 0 Å².